The van der Waals surface area contributed by atoms with E-state index in [1.165, 1.54) is 16.8 Å². The molecule has 0 bridgehead atoms. The van der Waals surface area contributed by atoms with Crippen molar-refractivity contribution in [3.63, 3.8) is 0 Å². The van der Waals surface area contributed by atoms with E-state index in [9.17, 15) is 4.39 Å². The third-order valence-corrected chi connectivity index (χ3v) is 4.37. The molecular formula is C16H14FN3S. The molecule has 0 saturated carbocycles. The lowest BCUT2D eigenvalue weighted by Crippen LogP contribution is -2.09. The smallest absolute Gasteiger partial charge is 0.211 e. The van der Waals surface area contributed by atoms with Gasteiger partial charge in [-0.1, -0.05) is 35.6 Å². The van der Waals surface area contributed by atoms with E-state index in [4.69, 9.17) is 0 Å². The molecule has 0 atom stereocenters. The highest BCUT2D eigenvalue weighted by Crippen LogP contribution is 2.15. The molecule has 0 aliphatic carbocycles. The molecule has 3 aromatic rings. The number of rotatable bonds is 2. The van der Waals surface area contributed by atoms with Crippen LogP contribution in [0, 0.1) is 5.82 Å². The van der Waals surface area contributed by atoms with Crippen LogP contribution in [0.25, 0.3) is 10.2 Å². The Morgan fingerprint density at radius 2 is 1.81 bits per heavy atom. The van der Waals surface area contributed by atoms with Crippen molar-refractivity contribution in [1.82, 2.24) is 4.57 Å². The molecule has 1 aromatic heterocycles. The summed E-state index contributed by atoms with van der Waals surface area (Å²) >= 11 is 1.59. The van der Waals surface area contributed by atoms with Gasteiger partial charge in [-0.2, -0.15) is 5.10 Å². The predicted molar refractivity (Wildman–Crippen MR) is 85.0 cm³/mol. The standard InChI is InChI=1S/C16H14FN3S/c1-11(12-7-9-13(17)10-8-12)18-19-16-20(2)14-5-3-4-6-15(14)21-16/h3-10H,1-2H3/b18-11+,19-16+. The number of para-hydroxylation sites is 1. The summed E-state index contributed by atoms with van der Waals surface area (Å²) in [4.78, 5) is 0.831. The summed E-state index contributed by atoms with van der Waals surface area (Å²) in [6.07, 6.45) is 0. The van der Waals surface area contributed by atoms with E-state index in [0.29, 0.717) is 0 Å². The van der Waals surface area contributed by atoms with E-state index in [0.717, 1.165) is 21.6 Å². The van der Waals surface area contributed by atoms with Crippen LogP contribution in [-0.4, -0.2) is 10.3 Å². The quantitative estimate of drug-likeness (QED) is 0.510. The number of hydrogen-bond donors (Lipinski definition) is 0. The molecule has 2 aromatic carbocycles. The number of thiazole rings is 1. The number of aromatic nitrogens is 1. The van der Waals surface area contributed by atoms with E-state index in [-0.39, 0.29) is 5.82 Å². The predicted octanol–water partition coefficient (Wildman–Crippen LogP) is 3.70. The minimum absolute atomic E-state index is 0.251. The van der Waals surface area contributed by atoms with Crippen LogP contribution in [0.1, 0.15) is 12.5 Å². The second kappa shape index (κ2) is 5.61. The zero-order chi connectivity index (χ0) is 14.8. The van der Waals surface area contributed by atoms with Gasteiger partial charge in [0.15, 0.2) is 0 Å². The van der Waals surface area contributed by atoms with Crippen LogP contribution in [-0.2, 0) is 7.05 Å². The molecule has 106 valence electrons. The second-order valence-corrected chi connectivity index (χ2v) is 5.71. The molecule has 0 aliphatic heterocycles. The van der Waals surface area contributed by atoms with Crippen molar-refractivity contribution in [2.24, 2.45) is 17.3 Å². The Kier molecular flexibility index (Phi) is 3.66. The van der Waals surface area contributed by atoms with Gasteiger partial charge in [-0.15, -0.1) is 5.10 Å². The third kappa shape index (κ3) is 2.78. The molecule has 0 N–H and O–H groups in total. The Labute approximate surface area is 125 Å². The summed E-state index contributed by atoms with van der Waals surface area (Å²) in [6.45, 7) is 1.87. The van der Waals surface area contributed by atoms with Gasteiger partial charge in [0, 0.05) is 7.05 Å². The van der Waals surface area contributed by atoms with Gasteiger partial charge in [0.2, 0.25) is 4.80 Å². The summed E-state index contributed by atoms with van der Waals surface area (Å²) in [5, 5.41) is 8.58. The van der Waals surface area contributed by atoms with Gasteiger partial charge in [0.1, 0.15) is 5.82 Å². The first-order chi connectivity index (χ1) is 10.1. The molecule has 0 spiro atoms. The molecular weight excluding hydrogens is 285 g/mol. The van der Waals surface area contributed by atoms with E-state index in [1.54, 1.807) is 23.5 Å². The van der Waals surface area contributed by atoms with Crippen molar-refractivity contribution >= 4 is 27.3 Å². The number of fused-ring (bicyclic) bond motifs is 1. The number of benzene rings is 2. The molecule has 0 amide bonds. The van der Waals surface area contributed by atoms with Crippen molar-refractivity contribution in [2.45, 2.75) is 6.92 Å². The van der Waals surface area contributed by atoms with Crippen LogP contribution in [0.5, 0.6) is 0 Å². The normalized spacial score (nSPS) is 13.1. The van der Waals surface area contributed by atoms with Crippen molar-refractivity contribution in [2.75, 3.05) is 0 Å². The lowest BCUT2D eigenvalue weighted by molar-refractivity contribution is 0.628. The van der Waals surface area contributed by atoms with Gasteiger partial charge in [-0.3, -0.25) is 0 Å². The fourth-order valence-electron chi connectivity index (χ4n) is 2.04. The van der Waals surface area contributed by atoms with Gasteiger partial charge in [-0.05, 0) is 36.8 Å². The van der Waals surface area contributed by atoms with E-state index in [2.05, 4.69) is 22.3 Å². The number of aryl methyl sites for hydroxylation is 1. The van der Waals surface area contributed by atoms with E-state index in [1.807, 2.05) is 30.7 Å². The van der Waals surface area contributed by atoms with Gasteiger partial charge in [-0.25, -0.2) is 4.39 Å². The maximum atomic E-state index is 12.9. The SMILES string of the molecule is C/C(=N\N=c1\sc2ccccc2n1C)c1ccc(F)cc1. The largest absolute Gasteiger partial charge is 0.318 e. The lowest BCUT2D eigenvalue weighted by Gasteiger charge is -1.97. The molecule has 5 heteroatoms. The number of halogens is 1. The lowest BCUT2D eigenvalue weighted by atomic mass is 10.1. The number of nitrogens with zero attached hydrogens (tertiary/aromatic N) is 3. The molecule has 0 aliphatic rings. The average molecular weight is 299 g/mol. The van der Waals surface area contributed by atoms with E-state index >= 15 is 0 Å². The maximum absolute atomic E-state index is 12.9. The second-order valence-electron chi connectivity index (χ2n) is 4.70. The zero-order valence-electron chi connectivity index (χ0n) is 11.7. The van der Waals surface area contributed by atoms with Crippen LogP contribution < -0.4 is 4.80 Å². The highest BCUT2D eigenvalue weighted by atomic mass is 32.1. The van der Waals surface area contributed by atoms with Crippen molar-refractivity contribution in [3.8, 4) is 0 Å². The van der Waals surface area contributed by atoms with Gasteiger partial charge >= 0.3 is 0 Å². The minimum atomic E-state index is -0.251. The first-order valence-corrected chi connectivity index (χ1v) is 7.35. The van der Waals surface area contributed by atoms with Gasteiger partial charge < -0.3 is 4.57 Å². The van der Waals surface area contributed by atoms with Crippen LogP contribution >= 0.6 is 11.3 Å². The van der Waals surface area contributed by atoms with Crippen LogP contribution in [0.2, 0.25) is 0 Å². The van der Waals surface area contributed by atoms with E-state index < -0.39 is 0 Å². The third-order valence-electron chi connectivity index (χ3n) is 3.26. The van der Waals surface area contributed by atoms with Gasteiger partial charge in [0.05, 0.1) is 15.9 Å². The monoisotopic (exact) mass is 299 g/mol. The summed E-state index contributed by atoms with van der Waals surface area (Å²) in [7, 11) is 1.97. The Hall–Kier alpha value is -2.27. The molecule has 3 rings (SSSR count). The van der Waals surface area contributed by atoms with Crippen LogP contribution in [0.3, 0.4) is 0 Å². The highest BCUT2D eigenvalue weighted by Gasteiger charge is 2.01. The van der Waals surface area contributed by atoms with Crippen molar-refractivity contribution in [3.05, 3.63) is 64.7 Å². The first-order valence-electron chi connectivity index (χ1n) is 6.54. The van der Waals surface area contributed by atoms with Crippen LogP contribution in [0.15, 0.2) is 58.7 Å². The maximum Gasteiger partial charge on any atom is 0.211 e. The summed E-state index contributed by atoms with van der Waals surface area (Å²) < 4.78 is 16.1. The highest BCUT2D eigenvalue weighted by molar-refractivity contribution is 7.16. The topological polar surface area (TPSA) is 29.6 Å². The molecule has 0 fully saturated rings. The fourth-order valence-corrected chi connectivity index (χ4v) is 3.01. The Morgan fingerprint density at radius 3 is 2.52 bits per heavy atom. The minimum Gasteiger partial charge on any atom is -0.318 e. The van der Waals surface area contributed by atoms with Crippen LogP contribution in [0.4, 0.5) is 4.39 Å². The average Bonchev–Trinajstić information content (AvgIpc) is 2.82. The summed E-state index contributed by atoms with van der Waals surface area (Å²) in [5.74, 6) is -0.251. The molecule has 0 unspecified atom stereocenters. The fraction of sp³-hybridized carbons (Fsp3) is 0.125. The molecule has 0 saturated heterocycles. The molecule has 21 heavy (non-hydrogen) atoms. The Balaban J connectivity index is 2.02. The first kappa shape index (κ1) is 13.7. The Bertz CT molecular complexity index is 872. The van der Waals surface area contributed by atoms with Gasteiger partial charge in [0.25, 0.3) is 0 Å². The Morgan fingerprint density at radius 1 is 1.10 bits per heavy atom. The molecule has 0 radical (unpaired) electrons. The molecule has 1 heterocycles. The summed E-state index contributed by atoms with van der Waals surface area (Å²) in [6, 6.07) is 14.4. The number of hydrogen-bond acceptors (Lipinski definition) is 3. The zero-order valence-corrected chi connectivity index (χ0v) is 12.6. The summed E-state index contributed by atoms with van der Waals surface area (Å²) in [5.41, 5.74) is 2.76. The van der Waals surface area contributed by atoms with Crippen molar-refractivity contribution < 1.29 is 4.39 Å². The van der Waals surface area contributed by atoms with Crippen molar-refractivity contribution in [1.29, 1.82) is 0 Å². The molecule has 3 nitrogen and oxygen atoms in total.